The van der Waals surface area contributed by atoms with Gasteiger partial charge in [-0.05, 0) is 54.8 Å². The maximum atomic E-state index is 13.2. The van der Waals surface area contributed by atoms with E-state index < -0.39 is 5.91 Å². The fraction of sp³-hybridized carbons (Fsp3) is 0.143. The molecule has 5 aromatic rings. The zero-order valence-electron chi connectivity index (χ0n) is 20.4. The Morgan fingerprint density at radius 3 is 2.74 bits per heavy atom. The van der Waals surface area contributed by atoms with Crippen LogP contribution < -0.4 is 15.8 Å². The number of carbonyl (C=O) groups is 2. The number of thiazole rings is 1. The van der Waals surface area contributed by atoms with E-state index in [0.29, 0.717) is 28.1 Å². The Morgan fingerprint density at radius 1 is 1.05 bits per heavy atom. The predicted octanol–water partition coefficient (Wildman–Crippen LogP) is 4.07. The second kappa shape index (κ2) is 9.64. The molecule has 0 saturated heterocycles. The number of amides is 2. The first-order valence-electron chi connectivity index (χ1n) is 12.1. The number of nitrogens with zero attached hydrogens (tertiary/aromatic N) is 5. The largest absolute Gasteiger partial charge is 0.308 e. The minimum absolute atomic E-state index is 0.00321. The standard InChI is InChI=1S/C28H22N6O3S/c1-17-6-2-3-7-20(17)26(36)33-13-12-19-14-18(10-11-24(19)33)23-16-38-28(29-23)30-25(35)15-34-27(37)21-8-4-5-9-22(21)31-32-34/h2-11,14,16H,12-13,15H2,1H3,(H,29,30,35). The lowest BCUT2D eigenvalue weighted by Gasteiger charge is -2.18. The molecule has 38 heavy (non-hydrogen) atoms. The molecular weight excluding hydrogens is 500 g/mol. The van der Waals surface area contributed by atoms with Crippen molar-refractivity contribution in [3.63, 3.8) is 0 Å². The van der Waals surface area contributed by atoms with Gasteiger partial charge in [0.25, 0.3) is 11.5 Å². The van der Waals surface area contributed by atoms with E-state index in [4.69, 9.17) is 0 Å². The molecule has 0 radical (unpaired) electrons. The molecule has 0 bridgehead atoms. The van der Waals surface area contributed by atoms with Crippen molar-refractivity contribution in [1.82, 2.24) is 20.0 Å². The van der Waals surface area contributed by atoms with Crippen LogP contribution >= 0.6 is 11.3 Å². The quantitative estimate of drug-likeness (QED) is 0.373. The van der Waals surface area contributed by atoms with Crippen molar-refractivity contribution in [3.8, 4) is 11.3 Å². The van der Waals surface area contributed by atoms with Gasteiger partial charge in [-0.1, -0.05) is 41.6 Å². The summed E-state index contributed by atoms with van der Waals surface area (Å²) in [5, 5.41) is 13.3. The predicted molar refractivity (Wildman–Crippen MR) is 147 cm³/mol. The van der Waals surface area contributed by atoms with E-state index in [1.807, 2.05) is 59.7 Å². The molecule has 10 heteroatoms. The lowest BCUT2D eigenvalue weighted by atomic mass is 10.1. The first-order valence-corrected chi connectivity index (χ1v) is 12.9. The number of aryl methyl sites for hydroxylation is 1. The van der Waals surface area contributed by atoms with Crippen molar-refractivity contribution in [2.45, 2.75) is 19.9 Å². The third-order valence-electron chi connectivity index (χ3n) is 6.56. The Kier molecular flexibility index (Phi) is 6.01. The van der Waals surface area contributed by atoms with Gasteiger partial charge < -0.3 is 10.2 Å². The van der Waals surface area contributed by atoms with Crippen molar-refractivity contribution >= 4 is 44.9 Å². The van der Waals surface area contributed by atoms with Crippen LogP contribution in [0.5, 0.6) is 0 Å². The molecule has 1 aliphatic heterocycles. The van der Waals surface area contributed by atoms with Crippen LogP contribution in [-0.4, -0.2) is 38.3 Å². The summed E-state index contributed by atoms with van der Waals surface area (Å²) in [5.74, 6) is -0.416. The van der Waals surface area contributed by atoms with E-state index in [1.165, 1.54) is 11.3 Å². The highest BCUT2D eigenvalue weighted by Gasteiger charge is 2.27. The van der Waals surface area contributed by atoms with E-state index in [1.54, 1.807) is 24.3 Å². The second-order valence-electron chi connectivity index (χ2n) is 9.02. The summed E-state index contributed by atoms with van der Waals surface area (Å²) in [6, 6.07) is 20.4. The maximum Gasteiger partial charge on any atom is 0.278 e. The lowest BCUT2D eigenvalue weighted by Crippen LogP contribution is -2.30. The van der Waals surface area contributed by atoms with Gasteiger partial charge in [0.15, 0.2) is 5.13 Å². The normalized spacial score (nSPS) is 12.5. The van der Waals surface area contributed by atoms with Gasteiger partial charge in [0.2, 0.25) is 5.91 Å². The molecule has 188 valence electrons. The Morgan fingerprint density at radius 2 is 1.87 bits per heavy atom. The Labute approximate surface area is 221 Å². The molecule has 0 atom stereocenters. The van der Waals surface area contributed by atoms with Crippen LogP contribution in [0.15, 0.2) is 76.9 Å². The first-order chi connectivity index (χ1) is 18.5. The van der Waals surface area contributed by atoms with E-state index >= 15 is 0 Å². The minimum atomic E-state index is -0.420. The fourth-order valence-corrected chi connectivity index (χ4v) is 5.35. The Bertz CT molecular complexity index is 1780. The number of hydrogen-bond acceptors (Lipinski definition) is 7. The van der Waals surface area contributed by atoms with E-state index in [2.05, 4.69) is 20.6 Å². The average Bonchev–Trinajstić information content (AvgIpc) is 3.57. The topological polar surface area (TPSA) is 110 Å². The van der Waals surface area contributed by atoms with Crippen LogP contribution in [0.4, 0.5) is 10.8 Å². The number of anilines is 2. The smallest absolute Gasteiger partial charge is 0.278 e. The molecule has 0 fully saturated rings. The Balaban J connectivity index is 1.16. The SMILES string of the molecule is Cc1ccccc1C(=O)N1CCc2cc(-c3csc(NC(=O)Cn4nnc5ccccc5c4=O)n3)ccc21. The molecule has 1 aliphatic rings. The Hall–Kier alpha value is -4.70. The zero-order chi connectivity index (χ0) is 26.2. The monoisotopic (exact) mass is 522 g/mol. The van der Waals surface area contributed by atoms with Crippen LogP contribution in [0.3, 0.4) is 0 Å². The van der Waals surface area contributed by atoms with E-state index in [-0.39, 0.29) is 18.0 Å². The number of rotatable bonds is 5. The number of nitrogens with one attached hydrogen (secondary N) is 1. The van der Waals surface area contributed by atoms with Crippen molar-refractivity contribution in [2.24, 2.45) is 0 Å². The molecule has 2 amide bonds. The van der Waals surface area contributed by atoms with Gasteiger partial charge in [-0.25, -0.2) is 9.67 Å². The van der Waals surface area contributed by atoms with Crippen molar-refractivity contribution in [3.05, 3.63) is 99.2 Å². The summed E-state index contributed by atoms with van der Waals surface area (Å²) < 4.78 is 1.04. The molecule has 0 saturated carbocycles. The fourth-order valence-electron chi connectivity index (χ4n) is 4.62. The minimum Gasteiger partial charge on any atom is -0.308 e. The van der Waals surface area contributed by atoms with Crippen LogP contribution in [-0.2, 0) is 17.8 Å². The van der Waals surface area contributed by atoms with E-state index in [9.17, 15) is 14.4 Å². The number of aromatic nitrogens is 4. The highest BCUT2D eigenvalue weighted by molar-refractivity contribution is 7.14. The van der Waals surface area contributed by atoms with Gasteiger partial charge >= 0.3 is 0 Å². The molecule has 0 aliphatic carbocycles. The van der Waals surface area contributed by atoms with Crippen molar-refractivity contribution in [1.29, 1.82) is 0 Å². The number of benzene rings is 3. The number of fused-ring (bicyclic) bond motifs is 2. The molecule has 3 heterocycles. The van der Waals surface area contributed by atoms with Gasteiger partial charge in [0, 0.05) is 28.7 Å². The van der Waals surface area contributed by atoms with Gasteiger partial charge in [-0.3, -0.25) is 14.4 Å². The van der Waals surface area contributed by atoms with Crippen LogP contribution in [0.1, 0.15) is 21.5 Å². The number of carbonyl (C=O) groups excluding carboxylic acids is 2. The molecule has 3 aromatic carbocycles. The average molecular weight is 523 g/mol. The number of hydrogen-bond donors (Lipinski definition) is 1. The molecular formula is C28H22N6O3S. The first kappa shape index (κ1) is 23.7. The molecule has 1 N–H and O–H groups in total. The highest BCUT2D eigenvalue weighted by atomic mass is 32.1. The van der Waals surface area contributed by atoms with Crippen LogP contribution in [0.2, 0.25) is 0 Å². The summed E-state index contributed by atoms with van der Waals surface area (Å²) in [6.45, 7) is 2.30. The van der Waals surface area contributed by atoms with Crippen molar-refractivity contribution in [2.75, 3.05) is 16.8 Å². The third-order valence-corrected chi connectivity index (χ3v) is 7.32. The zero-order valence-corrected chi connectivity index (χ0v) is 21.2. The van der Waals surface area contributed by atoms with Gasteiger partial charge in [-0.2, -0.15) is 0 Å². The molecule has 6 rings (SSSR count). The summed E-state index contributed by atoms with van der Waals surface area (Å²) >= 11 is 1.30. The maximum absolute atomic E-state index is 13.2. The molecule has 0 unspecified atom stereocenters. The third kappa shape index (κ3) is 4.35. The van der Waals surface area contributed by atoms with E-state index in [0.717, 1.165) is 39.2 Å². The second-order valence-corrected chi connectivity index (χ2v) is 9.88. The summed E-state index contributed by atoms with van der Waals surface area (Å²) in [7, 11) is 0. The lowest BCUT2D eigenvalue weighted by molar-refractivity contribution is -0.117. The summed E-state index contributed by atoms with van der Waals surface area (Å²) in [5.41, 5.74) is 5.39. The van der Waals surface area contributed by atoms with Gasteiger partial charge in [0.05, 0.1) is 11.1 Å². The summed E-state index contributed by atoms with van der Waals surface area (Å²) in [4.78, 5) is 44.7. The van der Waals surface area contributed by atoms with Crippen LogP contribution in [0, 0.1) is 6.92 Å². The molecule has 9 nitrogen and oxygen atoms in total. The molecule has 0 spiro atoms. The van der Waals surface area contributed by atoms with Crippen molar-refractivity contribution < 1.29 is 9.59 Å². The van der Waals surface area contributed by atoms with Gasteiger partial charge in [-0.15, -0.1) is 16.4 Å². The molecule has 2 aromatic heterocycles. The van der Waals surface area contributed by atoms with Gasteiger partial charge in [0.1, 0.15) is 12.1 Å². The highest BCUT2D eigenvalue weighted by Crippen LogP contribution is 2.34. The summed E-state index contributed by atoms with van der Waals surface area (Å²) in [6.07, 6.45) is 0.760. The van der Waals surface area contributed by atoms with Crippen LogP contribution in [0.25, 0.3) is 22.2 Å².